The molecule has 5 rings (SSSR count). The van der Waals surface area contributed by atoms with Crippen molar-refractivity contribution in [2.45, 2.75) is 50.1 Å². The van der Waals surface area contributed by atoms with Crippen molar-refractivity contribution >= 4 is 45.1 Å². The van der Waals surface area contributed by atoms with Crippen LogP contribution in [0.3, 0.4) is 0 Å². The lowest BCUT2D eigenvalue weighted by Crippen LogP contribution is -2.41. The molecule has 1 saturated carbocycles. The molecule has 1 unspecified atom stereocenters. The van der Waals surface area contributed by atoms with Gasteiger partial charge in [0.1, 0.15) is 0 Å². The van der Waals surface area contributed by atoms with E-state index in [9.17, 15) is 0 Å². The van der Waals surface area contributed by atoms with Crippen LogP contribution in [-0.4, -0.2) is 35.6 Å². The number of aromatic nitrogens is 2. The molecule has 2 aliphatic rings. The Morgan fingerprint density at radius 1 is 1.06 bits per heavy atom. The van der Waals surface area contributed by atoms with Crippen molar-refractivity contribution < 1.29 is 14.2 Å². The van der Waals surface area contributed by atoms with Gasteiger partial charge in [0.05, 0.1) is 23.9 Å². The first-order chi connectivity index (χ1) is 15.1. The Balaban J connectivity index is 1.67. The van der Waals surface area contributed by atoms with Gasteiger partial charge in [-0.15, -0.1) is 0 Å². The van der Waals surface area contributed by atoms with Gasteiger partial charge in [0, 0.05) is 15.6 Å². The molecule has 0 N–H and O–H groups in total. The summed E-state index contributed by atoms with van der Waals surface area (Å²) in [5.74, 6) is 0. The van der Waals surface area contributed by atoms with E-state index in [1.165, 1.54) is 0 Å². The lowest BCUT2D eigenvalue weighted by atomic mass is 9.88. The Morgan fingerprint density at radius 3 is 2.65 bits per heavy atom. The molecule has 31 heavy (non-hydrogen) atoms. The number of hydrogen-bond donors (Lipinski definition) is 0. The number of halogens is 2. The molecule has 0 spiro atoms. The van der Waals surface area contributed by atoms with Gasteiger partial charge in [0.2, 0.25) is 5.28 Å². The largest absolute Gasteiger partial charge is 0.358 e. The summed E-state index contributed by atoms with van der Waals surface area (Å²) in [6, 6.07) is 16.3. The second-order valence-corrected chi connectivity index (χ2v) is 9.70. The molecule has 1 saturated heterocycles. The summed E-state index contributed by atoms with van der Waals surface area (Å²) in [5.41, 5.74) is 1.63. The first-order valence-corrected chi connectivity index (χ1v) is 12.2. The molecule has 1 aliphatic heterocycles. The van der Waals surface area contributed by atoms with Gasteiger partial charge in [-0.3, -0.25) is 0 Å². The van der Waals surface area contributed by atoms with E-state index < -0.39 is 5.60 Å². The molecule has 2 aromatic carbocycles. The Labute approximate surface area is 200 Å². The maximum Gasteiger partial charge on any atom is 0.223 e. The molecule has 5 nitrogen and oxygen atoms in total. The van der Waals surface area contributed by atoms with Crippen LogP contribution in [0.2, 0.25) is 5.28 Å². The van der Waals surface area contributed by atoms with E-state index in [1.54, 1.807) is 0 Å². The molecule has 2 fully saturated rings. The fourth-order valence-corrected chi connectivity index (χ4v) is 4.72. The average molecular weight is 551 g/mol. The molecule has 1 aromatic heterocycles. The lowest BCUT2D eigenvalue weighted by molar-refractivity contribution is -0.197. The Kier molecular flexibility index (Phi) is 6.44. The molecular formula is C24H24ClIN2O3. The van der Waals surface area contributed by atoms with Crippen LogP contribution >= 0.6 is 34.2 Å². The van der Waals surface area contributed by atoms with Crippen molar-refractivity contribution in [3.05, 3.63) is 68.6 Å². The summed E-state index contributed by atoms with van der Waals surface area (Å²) >= 11 is 8.72. The van der Waals surface area contributed by atoms with Gasteiger partial charge < -0.3 is 14.2 Å². The van der Waals surface area contributed by atoms with E-state index in [-0.39, 0.29) is 17.7 Å². The van der Waals surface area contributed by atoms with Crippen molar-refractivity contribution in [1.82, 2.24) is 9.97 Å². The monoisotopic (exact) mass is 550 g/mol. The SMILES string of the molecule is Clc1nc([C@](COC2CCCCO2)(OC2CC2)c2ccccc2)c2cc(I)ccc2n1. The van der Waals surface area contributed by atoms with E-state index in [1.807, 2.05) is 30.3 Å². The Bertz CT molecular complexity index is 1060. The molecular weight excluding hydrogens is 527 g/mol. The second-order valence-electron chi connectivity index (χ2n) is 8.12. The van der Waals surface area contributed by atoms with Crippen LogP contribution in [0.25, 0.3) is 10.9 Å². The third kappa shape index (κ3) is 4.73. The quantitative estimate of drug-likeness (QED) is 0.273. The van der Waals surface area contributed by atoms with Gasteiger partial charge >= 0.3 is 0 Å². The molecule has 3 aromatic rings. The predicted molar refractivity (Wildman–Crippen MR) is 128 cm³/mol. The highest BCUT2D eigenvalue weighted by Crippen LogP contribution is 2.43. The molecule has 2 heterocycles. The van der Waals surface area contributed by atoms with Gasteiger partial charge in [0.25, 0.3) is 0 Å². The van der Waals surface area contributed by atoms with Gasteiger partial charge in [-0.2, -0.15) is 0 Å². The number of rotatable bonds is 7. The zero-order valence-electron chi connectivity index (χ0n) is 17.1. The van der Waals surface area contributed by atoms with Crippen LogP contribution in [0.1, 0.15) is 43.4 Å². The lowest BCUT2D eigenvalue weighted by Gasteiger charge is -2.36. The number of fused-ring (bicyclic) bond motifs is 1. The summed E-state index contributed by atoms with van der Waals surface area (Å²) in [6.45, 7) is 1.03. The summed E-state index contributed by atoms with van der Waals surface area (Å²) < 4.78 is 20.1. The minimum atomic E-state index is -0.904. The van der Waals surface area contributed by atoms with E-state index in [4.69, 9.17) is 30.8 Å². The minimum Gasteiger partial charge on any atom is -0.358 e. The van der Waals surface area contributed by atoms with Gasteiger partial charge in [0.15, 0.2) is 11.9 Å². The first-order valence-electron chi connectivity index (χ1n) is 10.7. The van der Waals surface area contributed by atoms with Crippen LogP contribution in [-0.2, 0) is 19.8 Å². The van der Waals surface area contributed by atoms with Crippen molar-refractivity contribution in [2.75, 3.05) is 13.2 Å². The van der Waals surface area contributed by atoms with E-state index in [2.05, 4.69) is 45.8 Å². The first kappa shape index (κ1) is 21.5. The third-order valence-electron chi connectivity index (χ3n) is 5.76. The Morgan fingerprint density at radius 2 is 1.90 bits per heavy atom. The second kappa shape index (κ2) is 9.27. The van der Waals surface area contributed by atoms with E-state index >= 15 is 0 Å². The number of nitrogens with zero attached hydrogens (tertiary/aromatic N) is 2. The highest BCUT2D eigenvalue weighted by atomic mass is 127. The third-order valence-corrected chi connectivity index (χ3v) is 6.60. The fraction of sp³-hybridized carbons (Fsp3) is 0.417. The summed E-state index contributed by atoms with van der Waals surface area (Å²) in [4.78, 5) is 9.20. The highest BCUT2D eigenvalue weighted by Gasteiger charge is 2.44. The summed E-state index contributed by atoms with van der Waals surface area (Å²) in [5, 5.41) is 1.13. The van der Waals surface area contributed by atoms with Crippen LogP contribution in [0.5, 0.6) is 0 Å². The normalized spacial score (nSPS) is 21.2. The summed E-state index contributed by atoms with van der Waals surface area (Å²) in [7, 11) is 0. The standard InChI is InChI=1S/C24H24ClIN2O3/c25-23-27-20-12-9-17(26)14-19(20)22(28-23)24(31-18-10-11-18,16-6-2-1-3-7-16)15-30-21-8-4-5-13-29-21/h1-3,6-7,9,12,14,18,21H,4-5,8,10-11,13,15H2/t21?,24-/m1/s1. The molecule has 0 bridgehead atoms. The van der Waals surface area contributed by atoms with Crippen molar-refractivity contribution in [3.63, 3.8) is 0 Å². The number of ether oxygens (including phenoxy) is 3. The molecule has 162 valence electrons. The maximum absolute atomic E-state index is 6.78. The smallest absolute Gasteiger partial charge is 0.223 e. The van der Waals surface area contributed by atoms with Crippen LogP contribution in [0.15, 0.2) is 48.5 Å². The zero-order chi connectivity index (χ0) is 21.3. The van der Waals surface area contributed by atoms with Crippen molar-refractivity contribution in [1.29, 1.82) is 0 Å². The Hall–Kier alpha value is -1.32. The number of benzene rings is 2. The average Bonchev–Trinajstić information content (AvgIpc) is 3.62. The molecule has 2 atom stereocenters. The van der Waals surface area contributed by atoms with E-state index in [0.717, 1.165) is 64.4 Å². The van der Waals surface area contributed by atoms with Crippen molar-refractivity contribution in [3.8, 4) is 0 Å². The van der Waals surface area contributed by atoms with Gasteiger partial charge in [-0.05, 0) is 90.1 Å². The van der Waals surface area contributed by atoms with Gasteiger partial charge in [-0.1, -0.05) is 30.3 Å². The fourth-order valence-electron chi connectivity index (χ4n) is 4.06. The molecule has 0 radical (unpaired) electrons. The maximum atomic E-state index is 6.78. The molecule has 1 aliphatic carbocycles. The highest BCUT2D eigenvalue weighted by molar-refractivity contribution is 14.1. The minimum absolute atomic E-state index is 0.169. The number of hydrogen-bond acceptors (Lipinski definition) is 5. The van der Waals surface area contributed by atoms with Crippen LogP contribution in [0, 0.1) is 3.57 Å². The van der Waals surface area contributed by atoms with Crippen molar-refractivity contribution in [2.24, 2.45) is 0 Å². The topological polar surface area (TPSA) is 53.5 Å². The van der Waals surface area contributed by atoms with Crippen LogP contribution < -0.4 is 0 Å². The summed E-state index contributed by atoms with van der Waals surface area (Å²) in [6.07, 6.45) is 5.06. The predicted octanol–water partition coefficient (Wildman–Crippen LogP) is 5.85. The molecule has 0 amide bonds. The van der Waals surface area contributed by atoms with Crippen LogP contribution in [0.4, 0.5) is 0 Å². The zero-order valence-corrected chi connectivity index (χ0v) is 20.0. The molecule has 7 heteroatoms. The van der Waals surface area contributed by atoms with Gasteiger partial charge in [-0.25, -0.2) is 9.97 Å². The van der Waals surface area contributed by atoms with E-state index in [0.29, 0.717) is 6.61 Å².